The van der Waals surface area contributed by atoms with Gasteiger partial charge in [-0.05, 0) is 12.2 Å². The molecule has 0 aromatic heterocycles. The molecule has 4 N–H and O–H groups in total. The molecule has 0 spiro atoms. The summed E-state index contributed by atoms with van der Waals surface area (Å²) in [6.07, 6.45) is 8.36. The van der Waals surface area contributed by atoms with Gasteiger partial charge in [0.1, 0.15) is 29.9 Å². The molecule has 1 unspecified atom stereocenters. The van der Waals surface area contributed by atoms with Crippen LogP contribution in [0, 0.1) is 0 Å². The molecule has 0 radical (unpaired) electrons. The zero-order valence-electron chi connectivity index (χ0n) is 15.0. The maximum atomic E-state index is 9.95. The molecule has 0 bridgehead atoms. The summed E-state index contributed by atoms with van der Waals surface area (Å²) < 4.78 is 5.48. The molecular weight excluding hydrogens is 328 g/mol. The molecule has 1 rings (SSSR count). The molecule has 6 heteroatoms. The summed E-state index contributed by atoms with van der Waals surface area (Å²) in [5.41, 5.74) is -0.584. The molecule has 1 aliphatic rings. The van der Waals surface area contributed by atoms with E-state index in [0.29, 0.717) is 0 Å². The van der Waals surface area contributed by atoms with Gasteiger partial charge in [-0.25, -0.2) is 0 Å². The number of hydrogen-bond donors (Lipinski definition) is 4. The SMILES string of the molecule is CCCCCCCCCCCCSC1O[C@H](CO)[C@@H](O)[C@H](O)[C@H]1O. The maximum absolute atomic E-state index is 9.95. The molecule has 5 nitrogen and oxygen atoms in total. The molecule has 1 heterocycles. The first kappa shape index (κ1) is 22.2. The fourth-order valence-corrected chi connectivity index (χ4v) is 4.18. The molecule has 0 aromatic carbocycles. The average molecular weight is 365 g/mol. The van der Waals surface area contributed by atoms with E-state index in [0.717, 1.165) is 12.2 Å². The second-order valence-corrected chi connectivity index (χ2v) is 7.96. The Labute approximate surface area is 150 Å². The molecule has 0 saturated carbocycles. The summed E-state index contributed by atoms with van der Waals surface area (Å²) in [4.78, 5) is 0. The van der Waals surface area contributed by atoms with Gasteiger partial charge in [-0.2, -0.15) is 0 Å². The van der Waals surface area contributed by atoms with E-state index in [1.165, 1.54) is 69.5 Å². The van der Waals surface area contributed by atoms with E-state index in [-0.39, 0.29) is 6.61 Å². The highest BCUT2D eigenvalue weighted by molar-refractivity contribution is 7.99. The van der Waals surface area contributed by atoms with Gasteiger partial charge < -0.3 is 25.2 Å². The van der Waals surface area contributed by atoms with Crippen molar-refractivity contribution < 1.29 is 25.2 Å². The summed E-state index contributed by atoms with van der Waals surface area (Å²) in [7, 11) is 0. The van der Waals surface area contributed by atoms with E-state index >= 15 is 0 Å². The Morgan fingerprint density at radius 3 is 1.83 bits per heavy atom. The Morgan fingerprint density at radius 2 is 1.29 bits per heavy atom. The Kier molecular flexibility index (Phi) is 12.4. The fraction of sp³-hybridized carbons (Fsp3) is 1.00. The van der Waals surface area contributed by atoms with Gasteiger partial charge in [-0.1, -0.05) is 64.7 Å². The van der Waals surface area contributed by atoms with Crippen molar-refractivity contribution in [3.8, 4) is 0 Å². The summed E-state index contributed by atoms with van der Waals surface area (Å²) in [5, 5.41) is 38.6. The third-order valence-electron chi connectivity index (χ3n) is 4.63. The number of aliphatic hydroxyl groups excluding tert-OH is 4. The van der Waals surface area contributed by atoms with Crippen LogP contribution in [0.15, 0.2) is 0 Å². The normalized spacial score (nSPS) is 30.6. The van der Waals surface area contributed by atoms with Crippen LogP contribution in [0.25, 0.3) is 0 Å². The maximum Gasteiger partial charge on any atom is 0.132 e. The number of aliphatic hydroxyl groups is 4. The van der Waals surface area contributed by atoms with Crippen molar-refractivity contribution in [3.63, 3.8) is 0 Å². The second kappa shape index (κ2) is 13.4. The van der Waals surface area contributed by atoms with E-state index < -0.39 is 29.9 Å². The molecule has 0 aliphatic carbocycles. The van der Waals surface area contributed by atoms with E-state index in [1.54, 1.807) is 0 Å². The zero-order chi connectivity index (χ0) is 17.8. The van der Waals surface area contributed by atoms with Crippen LogP contribution in [-0.2, 0) is 4.74 Å². The van der Waals surface area contributed by atoms with Gasteiger partial charge in [-0.3, -0.25) is 0 Å². The largest absolute Gasteiger partial charge is 0.394 e. The van der Waals surface area contributed by atoms with Crippen LogP contribution in [0.5, 0.6) is 0 Å². The summed E-state index contributed by atoms with van der Waals surface area (Å²) in [5.74, 6) is 0.846. The Balaban J connectivity index is 2.02. The quantitative estimate of drug-likeness (QED) is 0.375. The number of ether oxygens (including phenoxy) is 1. The van der Waals surface area contributed by atoms with Gasteiger partial charge in [0.15, 0.2) is 0 Å². The van der Waals surface area contributed by atoms with Crippen LogP contribution in [-0.4, -0.2) is 62.6 Å². The zero-order valence-corrected chi connectivity index (χ0v) is 15.8. The van der Waals surface area contributed by atoms with Crippen molar-refractivity contribution in [3.05, 3.63) is 0 Å². The lowest BCUT2D eigenvalue weighted by Gasteiger charge is -2.39. The summed E-state index contributed by atoms with van der Waals surface area (Å²) in [6.45, 7) is 1.88. The first-order valence-corrected chi connectivity index (χ1v) is 10.6. The number of rotatable bonds is 13. The molecule has 24 heavy (non-hydrogen) atoms. The lowest BCUT2D eigenvalue weighted by Crippen LogP contribution is -2.57. The molecular formula is C18H36O5S. The lowest BCUT2D eigenvalue weighted by atomic mass is 10.0. The average Bonchev–Trinajstić information content (AvgIpc) is 2.59. The van der Waals surface area contributed by atoms with E-state index in [4.69, 9.17) is 9.84 Å². The van der Waals surface area contributed by atoms with Gasteiger partial charge in [0.2, 0.25) is 0 Å². The monoisotopic (exact) mass is 364 g/mol. The van der Waals surface area contributed by atoms with Gasteiger partial charge in [0.05, 0.1) is 6.61 Å². The number of unbranched alkanes of at least 4 members (excludes halogenated alkanes) is 9. The third-order valence-corrected chi connectivity index (χ3v) is 5.87. The molecule has 1 aliphatic heterocycles. The highest BCUT2D eigenvalue weighted by Gasteiger charge is 2.43. The van der Waals surface area contributed by atoms with Crippen molar-refractivity contribution >= 4 is 11.8 Å². The molecule has 144 valence electrons. The number of hydrogen-bond acceptors (Lipinski definition) is 6. The van der Waals surface area contributed by atoms with Crippen LogP contribution in [0.2, 0.25) is 0 Å². The van der Waals surface area contributed by atoms with E-state index in [9.17, 15) is 15.3 Å². The van der Waals surface area contributed by atoms with Crippen molar-refractivity contribution in [1.29, 1.82) is 0 Å². The molecule has 0 amide bonds. The summed E-state index contributed by atoms with van der Waals surface area (Å²) >= 11 is 1.45. The van der Waals surface area contributed by atoms with Crippen LogP contribution in [0.3, 0.4) is 0 Å². The minimum Gasteiger partial charge on any atom is -0.394 e. The predicted molar refractivity (Wildman–Crippen MR) is 98.1 cm³/mol. The summed E-state index contributed by atoms with van der Waals surface area (Å²) in [6, 6.07) is 0. The molecule has 1 saturated heterocycles. The van der Waals surface area contributed by atoms with Crippen molar-refractivity contribution in [2.24, 2.45) is 0 Å². The predicted octanol–water partition coefficient (Wildman–Crippen LogP) is 2.44. The highest BCUT2D eigenvalue weighted by Crippen LogP contribution is 2.29. The minimum atomic E-state index is -1.26. The second-order valence-electron chi connectivity index (χ2n) is 6.75. The first-order chi connectivity index (χ1) is 11.6. The van der Waals surface area contributed by atoms with Gasteiger partial charge in [-0.15, -0.1) is 11.8 Å². The van der Waals surface area contributed by atoms with Crippen molar-refractivity contribution in [2.45, 2.75) is 101 Å². The standard InChI is InChI=1S/C18H36O5S/c1-2-3-4-5-6-7-8-9-10-11-12-24-18-17(22)16(21)15(20)14(13-19)23-18/h14-22H,2-13H2,1H3/t14-,15-,16+,17-,18?/m1/s1. The Hall–Kier alpha value is 0.150. The van der Waals surface area contributed by atoms with Gasteiger partial charge in [0, 0.05) is 0 Å². The molecule has 0 aromatic rings. The van der Waals surface area contributed by atoms with Crippen LogP contribution >= 0.6 is 11.8 Å². The van der Waals surface area contributed by atoms with E-state index in [1.807, 2.05) is 0 Å². The van der Waals surface area contributed by atoms with Crippen molar-refractivity contribution in [1.82, 2.24) is 0 Å². The minimum absolute atomic E-state index is 0.361. The molecule has 5 atom stereocenters. The topological polar surface area (TPSA) is 90.2 Å². The van der Waals surface area contributed by atoms with E-state index in [2.05, 4.69) is 6.92 Å². The lowest BCUT2D eigenvalue weighted by molar-refractivity contribution is -0.205. The first-order valence-electron chi connectivity index (χ1n) is 9.54. The van der Waals surface area contributed by atoms with Crippen LogP contribution in [0.1, 0.15) is 71.1 Å². The Morgan fingerprint density at radius 1 is 0.750 bits per heavy atom. The third kappa shape index (κ3) is 8.02. The van der Waals surface area contributed by atoms with Crippen LogP contribution in [0.4, 0.5) is 0 Å². The van der Waals surface area contributed by atoms with Crippen molar-refractivity contribution in [2.75, 3.05) is 12.4 Å². The van der Waals surface area contributed by atoms with Gasteiger partial charge in [0.25, 0.3) is 0 Å². The van der Waals surface area contributed by atoms with Crippen LogP contribution < -0.4 is 0 Å². The molecule has 1 fully saturated rings. The Bertz CT molecular complexity index is 303. The van der Waals surface area contributed by atoms with Gasteiger partial charge >= 0.3 is 0 Å². The number of thioether (sulfide) groups is 1. The smallest absolute Gasteiger partial charge is 0.132 e. The highest BCUT2D eigenvalue weighted by atomic mass is 32.2. The fourth-order valence-electron chi connectivity index (χ4n) is 2.99.